The molecule has 86 valence electrons. The standard InChI is InChI=1S/C11H19NO3/c1-2-3-6-10(13)15-11(14)9-12-7-4-5-8-12/h2-9H2,1H3. The van der Waals surface area contributed by atoms with Crippen molar-refractivity contribution in [3.8, 4) is 0 Å². The Balaban J connectivity index is 2.14. The van der Waals surface area contributed by atoms with E-state index in [9.17, 15) is 9.59 Å². The number of nitrogens with zero attached hydrogens (tertiary/aromatic N) is 1. The zero-order valence-corrected chi connectivity index (χ0v) is 9.33. The van der Waals surface area contributed by atoms with Gasteiger partial charge in [0.15, 0.2) is 0 Å². The Morgan fingerprint density at radius 1 is 1.20 bits per heavy atom. The van der Waals surface area contributed by atoms with Gasteiger partial charge in [0.1, 0.15) is 0 Å². The van der Waals surface area contributed by atoms with Gasteiger partial charge in [-0.3, -0.25) is 14.5 Å². The molecule has 0 aromatic carbocycles. The van der Waals surface area contributed by atoms with Gasteiger partial charge >= 0.3 is 11.9 Å². The Morgan fingerprint density at radius 2 is 1.87 bits per heavy atom. The number of ether oxygens (including phenoxy) is 1. The fourth-order valence-electron chi connectivity index (χ4n) is 1.65. The van der Waals surface area contributed by atoms with Gasteiger partial charge in [-0.05, 0) is 32.4 Å². The fraction of sp³-hybridized carbons (Fsp3) is 0.818. The molecule has 1 aliphatic heterocycles. The van der Waals surface area contributed by atoms with Crippen LogP contribution in [0.1, 0.15) is 39.0 Å². The Kier molecular flexibility index (Phi) is 5.32. The van der Waals surface area contributed by atoms with Crippen molar-refractivity contribution in [2.45, 2.75) is 39.0 Å². The molecule has 0 aliphatic carbocycles. The maximum Gasteiger partial charge on any atom is 0.327 e. The molecule has 0 radical (unpaired) electrons. The summed E-state index contributed by atoms with van der Waals surface area (Å²) < 4.78 is 4.69. The number of likely N-dealkylation sites (tertiary alicyclic amines) is 1. The predicted molar refractivity (Wildman–Crippen MR) is 56.3 cm³/mol. The van der Waals surface area contributed by atoms with Crippen molar-refractivity contribution < 1.29 is 14.3 Å². The van der Waals surface area contributed by atoms with Crippen LogP contribution in [0.4, 0.5) is 0 Å². The maximum absolute atomic E-state index is 11.3. The summed E-state index contributed by atoms with van der Waals surface area (Å²) in [5, 5.41) is 0. The van der Waals surface area contributed by atoms with E-state index in [4.69, 9.17) is 4.74 Å². The second-order valence-electron chi connectivity index (χ2n) is 3.93. The lowest BCUT2D eigenvalue weighted by Crippen LogP contribution is -2.29. The second kappa shape index (κ2) is 6.56. The summed E-state index contributed by atoms with van der Waals surface area (Å²) in [7, 11) is 0. The molecule has 1 aliphatic rings. The number of hydrogen-bond donors (Lipinski definition) is 0. The van der Waals surface area contributed by atoms with Crippen molar-refractivity contribution in [2.75, 3.05) is 19.6 Å². The first kappa shape index (κ1) is 12.2. The summed E-state index contributed by atoms with van der Waals surface area (Å²) in [6.45, 7) is 4.15. The lowest BCUT2D eigenvalue weighted by atomic mass is 10.2. The summed E-state index contributed by atoms with van der Waals surface area (Å²) >= 11 is 0. The molecule has 1 fully saturated rings. The van der Waals surface area contributed by atoms with Gasteiger partial charge < -0.3 is 4.74 Å². The highest BCUT2D eigenvalue weighted by Crippen LogP contribution is 2.07. The minimum absolute atomic E-state index is 0.262. The van der Waals surface area contributed by atoms with Crippen LogP contribution in [0, 0.1) is 0 Å². The highest BCUT2D eigenvalue weighted by Gasteiger charge is 2.17. The molecule has 0 spiro atoms. The van der Waals surface area contributed by atoms with Crippen LogP contribution in [0.5, 0.6) is 0 Å². The van der Waals surface area contributed by atoms with Crippen LogP contribution < -0.4 is 0 Å². The summed E-state index contributed by atoms with van der Waals surface area (Å²) in [4.78, 5) is 24.4. The average molecular weight is 213 g/mol. The molecule has 0 atom stereocenters. The maximum atomic E-state index is 11.3. The molecule has 0 unspecified atom stereocenters. The van der Waals surface area contributed by atoms with Gasteiger partial charge in [0, 0.05) is 6.42 Å². The number of unbranched alkanes of at least 4 members (excludes halogenated alkanes) is 1. The third kappa shape index (κ3) is 4.93. The van der Waals surface area contributed by atoms with Gasteiger partial charge in [-0.2, -0.15) is 0 Å². The zero-order valence-electron chi connectivity index (χ0n) is 9.33. The topological polar surface area (TPSA) is 46.6 Å². The van der Waals surface area contributed by atoms with E-state index < -0.39 is 5.97 Å². The first-order chi connectivity index (χ1) is 7.22. The Morgan fingerprint density at radius 3 is 2.47 bits per heavy atom. The molecule has 0 aromatic heterocycles. The largest absolute Gasteiger partial charge is 0.392 e. The number of hydrogen-bond acceptors (Lipinski definition) is 4. The predicted octanol–water partition coefficient (Wildman–Crippen LogP) is 1.34. The Hall–Kier alpha value is -0.900. The molecular weight excluding hydrogens is 194 g/mol. The third-order valence-electron chi connectivity index (χ3n) is 2.51. The van der Waals surface area contributed by atoms with Gasteiger partial charge in [0.25, 0.3) is 0 Å². The molecule has 4 heteroatoms. The number of rotatable bonds is 5. The number of carbonyl (C=O) groups is 2. The summed E-state index contributed by atoms with van der Waals surface area (Å²) in [5.74, 6) is -0.793. The van der Waals surface area contributed by atoms with E-state index in [1.54, 1.807) is 0 Å². The van der Waals surface area contributed by atoms with Gasteiger partial charge in [0.05, 0.1) is 6.54 Å². The highest BCUT2D eigenvalue weighted by atomic mass is 16.6. The van der Waals surface area contributed by atoms with E-state index in [1.165, 1.54) is 0 Å². The van der Waals surface area contributed by atoms with Crippen LogP contribution in [-0.2, 0) is 14.3 Å². The van der Waals surface area contributed by atoms with Crippen molar-refractivity contribution in [2.24, 2.45) is 0 Å². The molecule has 0 bridgehead atoms. The number of esters is 2. The van der Waals surface area contributed by atoms with E-state index in [0.717, 1.165) is 38.8 Å². The van der Waals surface area contributed by atoms with Gasteiger partial charge in [0.2, 0.25) is 0 Å². The summed E-state index contributed by atoms with van der Waals surface area (Å²) in [6, 6.07) is 0. The SMILES string of the molecule is CCCCC(=O)OC(=O)CN1CCCC1. The van der Waals surface area contributed by atoms with Crippen LogP contribution in [0.25, 0.3) is 0 Å². The fourth-order valence-corrected chi connectivity index (χ4v) is 1.65. The molecule has 0 amide bonds. The Labute approximate surface area is 90.6 Å². The molecule has 1 rings (SSSR count). The molecule has 15 heavy (non-hydrogen) atoms. The van der Waals surface area contributed by atoms with E-state index in [0.29, 0.717) is 6.42 Å². The van der Waals surface area contributed by atoms with Crippen molar-refractivity contribution in [3.05, 3.63) is 0 Å². The van der Waals surface area contributed by atoms with Crippen molar-refractivity contribution in [1.29, 1.82) is 0 Å². The quantitative estimate of drug-likeness (QED) is 0.511. The molecule has 0 saturated carbocycles. The van der Waals surface area contributed by atoms with Crippen LogP contribution in [0.3, 0.4) is 0 Å². The normalized spacial score (nSPS) is 16.6. The molecule has 1 saturated heterocycles. The smallest absolute Gasteiger partial charge is 0.327 e. The number of carbonyl (C=O) groups excluding carboxylic acids is 2. The van der Waals surface area contributed by atoms with Crippen LogP contribution in [0.2, 0.25) is 0 Å². The molecule has 0 N–H and O–H groups in total. The zero-order chi connectivity index (χ0) is 11.1. The lowest BCUT2D eigenvalue weighted by molar-refractivity contribution is -0.160. The average Bonchev–Trinajstić information content (AvgIpc) is 2.67. The first-order valence-corrected chi connectivity index (χ1v) is 5.68. The monoisotopic (exact) mass is 213 g/mol. The third-order valence-corrected chi connectivity index (χ3v) is 2.51. The van der Waals surface area contributed by atoms with Gasteiger partial charge in [-0.15, -0.1) is 0 Å². The van der Waals surface area contributed by atoms with Gasteiger partial charge in [-0.1, -0.05) is 13.3 Å². The first-order valence-electron chi connectivity index (χ1n) is 5.68. The van der Waals surface area contributed by atoms with E-state index in [-0.39, 0.29) is 12.5 Å². The van der Waals surface area contributed by atoms with Crippen molar-refractivity contribution >= 4 is 11.9 Å². The van der Waals surface area contributed by atoms with Crippen LogP contribution >= 0.6 is 0 Å². The van der Waals surface area contributed by atoms with E-state index in [2.05, 4.69) is 0 Å². The summed E-state index contributed by atoms with van der Waals surface area (Å²) in [6.07, 6.45) is 4.35. The summed E-state index contributed by atoms with van der Waals surface area (Å²) in [5.41, 5.74) is 0. The minimum Gasteiger partial charge on any atom is -0.392 e. The van der Waals surface area contributed by atoms with Gasteiger partial charge in [-0.25, -0.2) is 0 Å². The highest BCUT2D eigenvalue weighted by molar-refractivity contribution is 5.86. The molecular formula is C11H19NO3. The second-order valence-corrected chi connectivity index (χ2v) is 3.93. The van der Waals surface area contributed by atoms with E-state index >= 15 is 0 Å². The van der Waals surface area contributed by atoms with Crippen LogP contribution in [0.15, 0.2) is 0 Å². The minimum atomic E-state index is -0.405. The Bertz CT molecular complexity index is 222. The molecule has 4 nitrogen and oxygen atoms in total. The molecule has 1 heterocycles. The van der Waals surface area contributed by atoms with Crippen molar-refractivity contribution in [1.82, 2.24) is 4.90 Å². The van der Waals surface area contributed by atoms with E-state index in [1.807, 2.05) is 11.8 Å². The molecule has 0 aromatic rings. The van der Waals surface area contributed by atoms with Crippen LogP contribution in [-0.4, -0.2) is 36.5 Å². The van der Waals surface area contributed by atoms with Crippen molar-refractivity contribution in [3.63, 3.8) is 0 Å². The lowest BCUT2D eigenvalue weighted by Gasteiger charge is -2.12.